The molecule has 1 heterocycles. The van der Waals surface area contributed by atoms with Gasteiger partial charge in [0.05, 0.1) is 0 Å². The fourth-order valence-electron chi connectivity index (χ4n) is 2.32. The summed E-state index contributed by atoms with van der Waals surface area (Å²) in [7, 11) is 0. The van der Waals surface area contributed by atoms with Crippen LogP contribution in [0.2, 0.25) is 0 Å². The van der Waals surface area contributed by atoms with Gasteiger partial charge in [-0.05, 0) is 62.9 Å². The van der Waals surface area contributed by atoms with Gasteiger partial charge in [-0.3, -0.25) is 0 Å². The van der Waals surface area contributed by atoms with E-state index in [1.54, 1.807) is 11.3 Å². The second kappa shape index (κ2) is 6.14. The molecule has 5 heteroatoms. The monoisotopic (exact) mass is 296 g/mol. The predicted octanol–water partition coefficient (Wildman–Crippen LogP) is 3.45. The highest BCUT2D eigenvalue weighted by Crippen LogP contribution is 2.25. The Hall–Kier alpha value is -1.07. The van der Waals surface area contributed by atoms with Gasteiger partial charge in [0, 0.05) is 18.1 Å². The van der Waals surface area contributed by atoms with E-state index in [4.69, 9.17) is 4.74 Å². The average Bonchev–Trinajstić information content (AvgIpc) is 2.76. The molecule has 0 radical (unpaired) electrons. The van der Waals surface area contributed by atoms with Crippen LogP contribution in [0, 0.1) is 0 Å². The van der Waals surface area contributed by atoms with Crippen molar-refractivity contribution >= 4 is 17.4 Å². The van der Waals surface area contributed by atoms with Gasteiger partial charge in [0.15, 0.2) is 0 Å². The highest BCUT2D eigenvalue weighted by Gasteiger charge is 2.32. The predicted molar refractivity (Wildman–Crippen MR) is 82.0 cm³/mol. The molecule has 2 rings (SSSR count). The topological polar surface area (TPSA) is 50.4 Å². The van der Waals surface area contributed by atoms with E-state index >= 15 is 0 Å². The Bertz CT molecular complexity index is 433. The number of hydrogen-bond donors (Lipinski definition) is 2. The number of ether oxygens (including phenoxy) is 1. The van der Waals surface area contributed by atoms with Crippen molar-refractivity contribution in [1.82, 2.24) is 10.6 Å². The lowest BCUT2D eigenvalue weighted by molar-refractivity contribution is 0.0463. The van der Waals surface area contributed by atoms with Crippen LogP contribution in [0.5, 0.6) is 0 Å². The van der Waals surface area contributed by atoms with Gasteiger partial charge in [-0.25, -0.2) is 4.79 Å². The molecule has 1 saturated carbocycles. The first kappa shape index (κ1) is 15.3. The number of carbonyl (C=O) groups is 1. The van der Waals surface area contributed by atoms with Gasteiger partial charge in [0.2, 0.25) is 0 Å². The van der Waals surface area contributed by atoms with Crippen LogP contribution in [0.25, 0.3) is 0 Å². The average molecular weight is 296 g/mol. The molecule has 1 aliphatic rings. The van der Waals surface area contributed by atoms with E-state index in [0.29, 0.717) is 12.1 Å². The molecule has 1 fully saturated rings. The van der Waals surface area contributed by atoms with Gasteiger partial charge in [-0.15, -0.1) is 0 Å². The van der Waals surface area contributed by atoms with Gasteiger partial charge in [0.25, 0.3) is 0 Å². The molecule has 1 aromatic heterocycles. The van der Waals surface area contributed by atoms with Crippen molar-refractivity contribution in [1.29, 1.82) is 0 Å². The van der Waals surface area contributed by atoms with E-state index in [2.05, 4.69) is 34.4 Å². The Labute approximate surface area is 124 Å². The SMILES string of the molecule is CC(NC1CC(NC(=O)OC(C)(C)C)C1)c1ccsc1. The van der Waals surface area contributed by atoms with Gasteiger partial charge in [-0.1, -0.05) is 0 Å². The van der Waals surface area contributed by atoms with Crippen LogP contribution >= 0.6 is 11.3 Å². The molecule has 2 N–H and O–H groups in total. The molecule has 1 aromatic rings. The van der Waals surface area contributed by atoms with E-state index in [-0.39, 0.29) is 12.1 Å². The van der Waals surface area contributed by atoms with Crippen LogP contribution in [0.15, 0.2) is 16.8 Å². The van der Waals surface area contributed by atoms with Crippen LogP contribution in [0.4, 0.5) is 4.79 Å². The van der Waals surface area contributed by atoms with E-state index in [1.807, 2.05) is 20.8 Å². The summed E-state index contributed by atoms with van der Waals surface area (Å²) >= 11 is 1.72. The minimum Gasteiger partial charge on any atom is -0.444 e. The number of nitrogens with one attached hydrogen (secondary N) is 2. The van der Waals surface area contributed by atoms with Crippen molar-refractivity contribution in [3.8, 4) is 0 Å². The van der Waals surface area contributed by atoms with Gasteiger partial charge in [0.1, 0.15) is 5.60 Å². The molecule has 20 heavy (non-hydrogen) atoms. The van der Waals surface area contributed by atoms with Gasteiger partial charge < -0.3 is 15.4 Å². The molecule has 0 bridgehead atoms. The summed E-state index contributed by atoms with van der Waals surface area (Å²) < 4.78 is 5.25. The molecule has 0 spiro atoms. The first-order valence-electron chi connectivity index (χ1n) is 7.11. The molecule has 112 valence electrons. The van der Waals surface area contributed by atoms with Crippen molar-refractivity contribution in [2.45, 2.75) is 64.3 Å². The molecule has 0 saturated heterocycles. The number of rotatable bonds is 4. The highest BCUT2D eigenvalue weighted by atomic mass is 32.1. The highest BCUT2D eigenvalue weighted by molar-refractivity contribution is 7.07. The second-order valence-corrected chi connectivity index (χ2v) is 7.24. The summed E-state index contributed by atoms with van der Waals surface area (Å²) in [4.78, 5) is 11.6. The third kappa shape index (κ3) is 4.49. The van der Waals surface area contributed by atoms with Crippen molar-refractivity contribution in [2.75, 3.05) is 0 Å². The van der Waals surface area contributed by atoms with Crippen molar-refractivity contribution in [2.24, 2.45) is 0 Å². The lowest BCUT2D eigenvalue weighted by atomic mass is 9.86. The Morgan fingerprint density at radius 2 is 2.10 bits per heavy atom. The molecule has 4 nitrogen and oxygen atoms in total. The normalized spacial score (nSPS) is 23.8. The van der Waals surface area contributed by atoms with E-state index in [1.165, 1.54) is 5.56 Å². The molecule has 1 amide bonds. The maximum atomic E-state index is 11.6. The number of hydrogen-bond acceptors (Lipinski definition) is 4. The molecule has 0 aliphatic heterocycles. The summed E-state index contributed by atoms with van der Waals surface area (Å²) in [5.74, 6) is 0. The number of alkyl carbamates (subject to hydrolysis) is 1. The molecular weight excluding hydrogens is 272 g/mol. The number of amides is 1. The van der Waals surface area contributed by atoms with E-state index in [0.717, 1.165) is 12.8 Å². The third-order valence-electron chi connectivity index (χ3n) is 3.39. The van der Waals surface area contributed by atoms with Gasteiger partial charge in [-0.2, -0.15) is 11.3 Å². The van der Waals surface area contributed by atoms with Crippen molar-refractivity contribution in [3.63, 3.8) is 0 Å². The fourth-order valence-corrected chi connectivity index (χ4v) is 3.07. The van der Waals surface area contributed by atoms with E-state index < -0.39 is 5.60 Å². The molecule has 1 atom stereocenters. The van der Waals surface area contributed by atoms with Gasteiger partial charge >= 0.3 is 6.09 Å². The molecule has 1 aliphatic carbocycles. The summed E-state index contributed by atoms with van der Waals surface area (Å²) in [6, 6.07) is 3.23. The number of thiophene rings is 1. The van der Waals surface area contributed by atoms with Crippen LogP contribution in [0.1, 0.15) is 52.1 Å². The molecular formula is C15H24N2O2S. The Kier molecular flexibility index (Phi) is 4.70. The summed E-state index contributed by atoms with van der Waals surface area (Å²) in [6.45, 7) is 7.80. The fraction of sp³-hybridized carbons (Fsp3) is 0.667. The van der Waals surface area contributed by atoms with E-state index in [9.17, 15) is 4.79 Å². The summed E-state index contributed by atoms with van der Waals surface area (Å²) in [5, 5.41) is 10.8. The smallest absolute Gasteiger partial charge is 0.407 e. The quantitative estimate of drug-likeness (QED) is 0.894. The third-order valence-corrected chi connectivity index (χ3v) is 4.09. The maximum absolute atomic E-state index is 11.6. The standard InChI is InChI=1S/C15H24N2O2S/c1-10(11-5-6-20-9-11)16-12-7-13(8-12)17-14(18)19-15(2,3)4/h5-6,9-10,12-13,16H,7-8H2,1-4H3,(H,17,18). The van der Waals surface area contributed by atoms with Crippen molar-refractivity contribution < 1.29 is 9.53 Å². The first-order valence-corrected chi connectivity index (χ1v) is 8.05. The minimum atomic E-state index is -0.432. The minimum absolute atomic E-state index is 0.233. The van der Waals surface area contributed by atoms with Crippen LogP contribution in [-0.4, -0.2) is 23.8 Å². The Balaban J connectivity index is 1.66. The van der Waals surface area contributed by atoms with Crippen molar-refractivity contribution in [3.05, 3.63) is 22.4 Å². The van der Waals surface area contributed by atoms with Crippen LogP contribution in [0.3, 0.4) is 0 Å². The zero-order valence-electron chi connectivity index (χ0n) is 12.6. The maximum Gasteiger partial charge on any atom is 0.407 e. The first-order chi connectivity index (χ1) is 9.33. The zero-order chi connectivity index (χ0) is 14.8. The Morgan fingerprint density at radius 3 is 2.65 bits per heavy atom. The number of carbonyl (C=O) groups excluding carboxylic acids is 1. The lowest BCUT2D eigenvalue weighted by Crippen LogP contribution is -2.53. The largest absolute Gasteiger partial charge is 0.444 e. The molecule has 0 aromatic carbocycles. The lowest BCUT2D eigenvalue weighted by Gasteiger charge is -2.38. The van der Waals surface area contributed by atoms with Crippen LogP contribution < -0.4 is 10.6 Å². The second-order valence-electron chi connectivity index (χ2n) is 6.46. The zero-order valence-corrected chi connectivity index (χ0v) is 13.4. The summed E-state index contributed by atoms with van der Waals surface area (Å²) in [6.07, 6.45) is 1.62. The van der Waals surface area contributed by atoms with Crippen LogP contribution in [-0.2, 0) is 4.74 Å². The molecule has 1 unspecified atom stereocenters. The summed E-state index contributed by atoms with van der Waals surface area (Å²) in [5.41, 5.74) is 0.900. The Morgan fingerprint density at radius 1 is 1.40 bits per heavy atom.